The first kappa shape index (κ1) is 19.8. The topological polar surface area (TPSA) is 105 Å². The van der Waals surface area contributed by atoms with Crippen molar-refractivity contribution in [1.82, 2.24) is 15.2 Å². The fourth-order valence-corrected chi connectivity index (χ4v) is 4.31. The van der Waals surface area contributed by atoms with Crippen LogP contribution in [0.4, 0.5) is 0 Å². The van der Waals surface area contributed by atoms with Gasteiger partial charge in [0.25, 0.3) is 11.8 Å². The Labute approximate surface area is 159 Å². The molecule has 2 amide bonds. The van der Waals surface area contributed by atoms with Crippen LogP contribution < -0.4 is 10.9 Å². The van der Waals surface area contributed by atoms with Gasteiger partial charge in [0.1, 0.15) is 6.10 Å². The Balaban J connectivity index is 1.51. The van der Waals surface area contributed by atoms with Gasteiger partial charge in [0.05, 0.1) is 11.5 Å². The first-order valence-corrected chi connectivity index (χ1v) is 10.6. The van der Waals surface area contributed by atoms with Gasteiger partial charge >= 0.3 is 0 Å². The highest BCUT2D eigenvalue weighted by atomic mass is 32.2. The number of hydrogen-bond acceptors (Lipinski definition) is 5. The van der Waals surface area contributed by atoms with Crippen LogP contribution in [0.5, 0.6) is 0 Å². The van der Waals surface area contributed by atoms with Crippen LogP contribution >= 0.6 is 0 Å². The molecular formula is C18H25N3O5S. The highest BCUT2D eigenvalue weighted by Crippen LogP contribution is 2.29. The minimum Gasteiger partial charge on any atom is -0.368 e. The van der Waals surface area contributed by atoms with Crippen molar-refractivity contribution in [2.24, 2.45) is 5.92 Å². The standard InChI is InChI=1S/C18H25N3O5S/c1-13(26-12-14-4-5-14)17(22)19-20-18(23)15-6-8-16(9-7-15)27(24,25)21-10-2-3-11-21/h6-9,13-14H,2-5,10-12H2,1H3,(H,19,22)(H,20,23). The second-order valence-electron chi connectivity index (χ2n) is 7.00. The fraction of sp³-hybridized carbons (Fsp3) is 0.556. The normalized spacial score (nSPS) is 18.9. The molecule has 8 nitrogen and oxygen atoms in total. The van der Waals surface area contributed by atoms with Gasteiger partial charge in [0.2, 0.25) is 10.0 Å². The maximum atomic E-state index is 12.5. The summed E-state index contributed by atoms with van der Waals surface area (Å²) in [6.45, 7) is 3.23. The van der Waals surface area contributed by atoms with E-state index in [4.69, 9.17) is 4.74 Å². The quantitative estimate of drug-likeness (QED) is 0.672. The molecule has 1 saturated heterocycles. The predicted octanol–water partition coefficient (Wildman–Crippen LogP) is 1.05. The Bertz CT molecular complexity index is 784. The third-order valence-corrected chi connectivity index (χ3v) is 6.68. The molecule has 1 aliphatic heterocycles. The fourth-order valence-electron chi connectivity index (χ4n) is 2.79. The van der Waals surface area contributed by atoms with Gasteiger partial charge in [-0.3, -0.25) is 20.4 Å². The molecule has 0 aromatic heterocycles. The summed E-state index contributed by atoms with van der Waals surface area (Å²) >= 11 is 0. The molecule has 1 saturated carbocycles. The largest absolute Gasteiger partial charge is 0.368 e. The molecule has 2 fully saturated rings. The van der Waals surface area contributed by atoms with Crippen LogP contribution in [0.15, 0.2) is 29.2 Å². The van der Waals surface area contributed by atoms with Crippen LogP contribution in [0, 0.1) is 5.92 Å². The zero-order valence-electron chi connectivity index (χ0n) is 15.3. The lowest BCUT2D eigenvalue weighted by molar-refractivity contribution is -0.132. The van der Waals surface area contributed by atoms with Crippen LogP contribution in [-0.4, -0.2) is 50.3 Å². The van der Waals surface area contributed by atoms with Gasteiger partial charge in [-0.1, -0.05) is 0 Å². The van der Waals surface area contributed by atoms with Gasteiger partial charge in [-0.15, -0.1) is 0 Å². The minimum atomic E-state index is -3.51. The summed E-state index contributed by atoms with van der Waals surface area (Å²) in [6, 6.07) is 5.67. The van der Waals surface area contributed by atoms with Crippen molar-refractivity contribution in [2.45, 2.75) is 43.6 Å². The molecule has 1 aromatic carbocycles. The number of nitrogens with one attached hydrogen (secondary N) is 2. The van der Waals surface area contributed by atoms with E-state index >= 15 is 0 Å². The van der Waals surface area contributed by atoms with Crippen molar-refractivity contribution in [1.29, 1.82) is 0 Å². The van der Waals surface area contributed by atoms with E-state index in [9.17, 15) is 18.0 Å². The smallest absolute Gasteiger partial charge is 0.269 e. The third kappa shape index (κ3) is 5.06. The Morgan fingerprint density at radius 1 is 1.15 bits per heavy atom. The molecule has 1 atom stereocenters. The summed E-state index contributed by atoms with van der Waals surface area (Å²) < 4.78 is 31.8. The molecule has 1 heterocycles. The summed E-state index contributed by atoms with van der Waals surface area (Å²) in [5.41, 5.74) is 4.89. The lowest BCUT2D eigenvalue weighted by Gasteiger charge is -2.16. The van der Waals surface area contributed by atoms with E-state index in [-0.39, 0.29) is 10.5 Å². The van der Waals surface area contributed by atoms with E-state index < -0.39 is 27.9 Å². The van der Waals surface area contributed by atoms with E-state index in [2.05, 4.69) is 10.9 Å². The summed E-state index contributed by atoms with van der Waals surface area (Å²) in [7, 11) is -3.51. The van der Waals surface area contributed by atoms with E-state index in [1.807, 2.05) is 0 Å². The SMILES string of the molecule is CC(OCC1CC1)C(=O)NNC(=O)c1ccc(S(=O)(=O)N2CCCC2)cc1. The molecule has 27 heavy (non-hydrogen) atoms. The van der Waals surface area contributed by atoms with Crippen molar-refractivity contribution in [2.75, 3.05) is 19.7 Å². The van der Waals surface area contributed by atoms with Gasteiger partial charge in [-0.2, -0.15) is 4.31 Å². The third-order valence-electron chi connectivity index (χ3n) is 4.77. The van der Waals surface area contributed by atoms with Crippen molar-refractivity contribution < 1.29 is 22.7 Å². The van der Waals surface area contributed by atoms with E-state index in [1.165, 1.54) is 28.6 Å². The summed E-state index contributed by atoms with van der Waals surface area (Å²) in [6.07, 6.45) is 3.34. The molecule has 3 rings (SSSR count). The average molecular weight is 395 g/mol. The van der Waals surface area contributed by atoms with E-state index in [1.54, 1.807) is 6.92 Å². The zero-order valence-corrected chi connectivity index (χ0v) is 16.1. The van der Waals surface area contributed by atoms with Crippen molar-refractivity contribution in [3.8, 4) is 0 Å². The van der Waals surface area contributed by atoms with Crippen LogP contribution in [0.25, 0.3) is 0 Å². The Morgan fingerprint density at radius 3 is 2.37 bits per heavy atom. The summed E-state index contributed by atoms with van der Waals surface area (Å²) in [5.74, 6) is -0.412. The number of sulfonamides is 1. The summed E-state index contributed by atoms with van der Waals surface area (Å²) in [4.78, 5) is 24.2. The Hall–Kier alpha value is -1.97. The molecule has 2 N–H and O–H groups in total. The zero-order chi connectivity index (χ0) is 19.4. The number of amides is 2. The molecule has 9 heteroatoms. The molecule has 0 radical (unpaired) electrons. The van der Waals surface area contributed by atoms with Crippen LogP contribution in [0.2, 0.25) is 0 Å². The number of rotatable bonds is 7. The molecular weight excluding hydrogens is 370 g/mol. The second-order valence-corrected chi connectivity index (χ2v) is 8.94. The van der Waals surface area contributed by atoms with Gasteiger partial charge < -0.3 is 4.74 Å². The predicted molar refractivity (Wildman–Crippen MR) is 98.2 cm³/mol. The first-order valence-electron chi connectivity index (χ1n) is 9.20. The van der Waals surface area contributed by atoms with E-state index in [0.717, 1.165) is 25.7 Å². The number of nitrogens with zero attached hydrogens (tertiary/aromatic N) is 1. The molecule has 1 unspecified atom stereocenters. The minimum absolute atomic E-state index is 0.159. The Morgan fingerprint density at radius 2 is 1.78 bits per heavy atom. The van der Waals surface area contributed by atoms with Crippen LogP contribution in [0.1, 0.15) is 43.0 Å². The maximum absolute atomic E-state index is 12.5. The monoisotopic (exact) mass is 395 g/mol. The first-order chi connectivity index (χ1) is 12.9. The second kappa shape index (κ2) is 8.37. The van der Waals surface area contributed by atoms with Crippen molar-refractivity contribution in [3.63, 3.8) is 0 Å². The van der Waals surface area contributed by atoms with Crippen molar-refractivity contribution >= 4 is 21.8 Å². The molecule has 1 aromatic rings. The molecule has 2 aliphatic rings. The van der Waals surface area contributed by atoms with Gasteiger partial charge in [-0.25, -0.2) is 8.42 Å². The van der Waals surface area contributed by atoms with Gasteiger partial charge in [0, 0.05) is 18.7 Å². The highest BCUT2D eigenvalue weighted by molar-refractivity contribution is 7.89. The van der Waals surface area contributed by atoms with Crippen LogP contribution in [-0.2, 0) is 19.6 Å². The summed E-state index contributed by atoms with van der Waals surface area (Å²) in [5, 5.41) is 0. The lowest BCUT2D eigenvalue weighted by Crippen LogP contribution is -2.46. The number of hydrazine groups is 1. The van der Waals surface area contributed by atoms with E-state index in [0.29, 0.717) is 25.6 Å². The van der Waals surface area contributed by atoms with Crippen LogP contribution in [0.3, 0.4) is 0 Å². The number of benzene rings is 1. The maximum Gasteiger partial charge on any atom is 0.269 e. The number of carbonyl (C=O) groups excluding carboxylic acids is 2. The number of ether oxygens (including phenoxy) is 1. The molecule has 148 valence electrons. The highest BCUT2D eigenvalue weighted by Gasteiger charge is 2.27. The molecule has 1 aliphatic carbocycles. The van der Waals surface area contributed by atoms with Gasteiger partial charge in [0.15, 0.2) is 0 Å². The van der Waals surface area contributed by atoms with Gasteiger partial charge in [-0.05, 0) is 62.8 Å². The van der Waals surface area contributed by atoms with Crippen molar-refractivity contribution in [3.05, 3.63) is 29.8 Å². The lowest BCUT2D eigenvalue weighted by atomic mass is 10.2. The Kier molecular flexibility index (Phi) is 6.13. The molecule has 0 spiro atoms. The number of carbonyl (C=O) groups is 2. The number of hydrogen-bond donors (Lipinski definition) is 2. The molecule has 0 bridgehead atoms. The average Bonchev–Trinajstić information content (AvgIpc) is 3.33.